The molecule has 0 aliphatic heterocycles. The number of ketones is 1. The summed E-state index contributed by atoms with van der Waals surface area (Å²) in [6.45, 7) is 23.8. The van der Waals surface area contributed by atoms with Crippen LogP contribution < -0.4 is 0 Å². The van der Waals surface area contributed by atoms with Crippen LogP contribution >= 0.6 is 0 Å². The van der Waals surface area contributed by atoms with Crippen LogP contribution in [0.3, 0.4) is 0 Å². The molecule has 0 unspecified atom stereocenters. The van der Waals surface area contributed by atoms with Crippen LogP contribution in [0.4, 0.5) is 0 Å². The molecule has 0 saturated carbocycles. The molecule has 0 amide bonds. The van der Waals surface area contributed by atoms with Crippen LogP contribution in [0.2, 0.25) is 0 Å². The molecule has 1 radical (unpaired) electrons. The molecule has 263 valence electrons. The van der Waals surface area contributed by atoms with Crippen LogP contribution in [0, 0.1) is 37.2 Å². The summed E-state index contributed by atoms with van der Waals surface area (Å²) < 4.78 is 6.68. The number of nitrogens with zero attached hydrogens (tertiary/aromatic N) is 1. The van der Waals surface area contributed by atoms with Gasteiger partial charge in [-0.2, -0.15) is 0 Å². The maximum Gasteiger partial charge on any atom is 0.162 e. The molecule has 5 aromatic rings. The van der Waals surface area contributed by atoms with Crippen molar-refractivity contribution in [2.45, 2.75) is 114 Å². The second-order valence-electron chi connectivity index (χ2n) is 15.6. The van der Waals surface area contributed by atoms with Gasteiger partial charge in [0.2, 0.25) is 0 Å². The quantitative estimate of drug-likeness (QED) is 0.0961. The van der Waals surface area contributed by atoms with Crippen molar-refractivity contribution >= 4 is 38.6 Å². The smallest absolute Gasteiger partial charge is 0.162 e. The third kappa shape index (κ3) is 7.45. The molecule has 0 spiro atoms. The molecule has 0 bridgehead atoms. The molecule has 49 heavy (non-hydrogen) atoms. The number of furan rings is 1. The molecule has 1 aliphatic carbocycles. The van der Waals surface area contributed by atoms with Crippen LogP contribution in [-0.2, 0) is 36.7 Å². The fourth-order valence-corrected chi connectivity index (χ4v) is 7.40. The summed E-state index contributed by atoms with van der Waals surface area (Å²) >= 11 is 0. The molecule has 1 N–H and O–H groups in total. The largest absolute Gasteiger partial charge is 0.512 e. The van der Waals surface area contributed by atoms with Gasteiger partial charge in [0.1, 0.15) is 5.58 Å². The van der Waals surface area contributed by atoms with E-state index in [1.54, 1.807) is 0 Å². The molecule has 5 heteroatoms. The van der Waals surface area contributed by atoms with Crippen molar-refractivity contribution in [2.24, 2.45) is 17.3 Å². The number of aliphatic hydroxyl groups is 1. The van der Waals surface area contributed by atoms with E-state index in [1.165, 1.54) is 44.5 Å². The molecule has 6 rings (SSSR count). The number of fused-ring (bicyclic) bond motifs is 3. The molecule has 2 heterocycles. The van der Waals surface area contributed by atoms with Gasteiger partial charge >= 0.3 is 0 Å². The molecule has 0 saturated heterocycles. The van der Waals surface area contributed by atoms with Crippen LogP contribution in [-0.4, -0.2) is 15.9 Å². The first-order valence-corrected chi connectivity index (χ1v) is 17.9. The van der Waals surface area contributed by atoms with Gasteiger partial charge in [-0.05, 0) is 84.2 Å². The van der Waals surface area contributed by atoms with E-state index in [-0.39, 0.29) is 54.3 Å². The van der Waals surface area contributed by atoms with Crippen molar-refractivity contribution in [3.05, 3.63) is 88.2 Å². The summed E-state index contributed by atoms with van der Waals surface area (Å²) in [7, 11) is 0. The number of carbonyl (C=O) groups excluding carboxylic acids is 1. The molecule has 0 atom stereocenters. The number of aliphatic hydroxyl groups excluding tert-OH is 1. The molecule has 1 aliphatic rings. The number of benzene rings is 3. The molecular formula is C44H54IrNO3-. The monoisotopic (exact) mass is 837 g/mol. The minimum Gasteiger partial charge on any atom is -0.512 e. The van der Waals surface area contributed by atoms with E-state index in [2.05, 4.69) is 97.0 Å². The number of aryl methyl sites for hydroxylation is 2. The summed E-state index contributed by atoms with van der Waals surface area (Å²) in [5.74, 6) is 0.547. The van der Waals surface area contributed by atoms with Crippen molar-refractivity contribution in [3.8, 4) is 11.3 Å². The van der Waals surface area contributed by atoms with Crippen molar-refractivity contribution in [2.75, 3.05) is 0 Å². The van der Waals surface area contributed by atoms with Gasteiger partial charge in [-0.1, -0.05) is 116 Å². The predicted octanol–water partition coefficient (Wildman–Crippen LogP) is 12.3. The molecule has 0 fully saturated rings. The van der Waals surface area contributed by atoms with Gasteiger partial charge in [-0.15, -0.1) is 17.7 Å². The van der Waals surface area contributed by atoms with Crippen LogP contribution in [0.1, 0.15) is 116 Å². The van der Waals surface area contributed by atoms with E-state index in [0.29, 0.717) is 0 Å². The summed E-state index contributed by atoms with van der Waals surface area (Å²) in [6, 6.07) is 19.2. The zero-order chi connectivity index (χ0) is 35.1. The SMILES string of the molecule is CCC(CC)C(=O)/C=C(\O)C(CC)CC.Cc1ccc2nc3c(cc2c1)C(C)(C)c1ccc(CC(C)(C)C)c2oc4c(C)c[c-]c-3c4c12.[Ir]. The first-order chi connectivity index (χ1) is 22.6. The van der Waals surface area contributed by atoms with Crippen molar-refractivity contribution < 1.29 is 34.4 Å². The van der Waals surface area contributed by atoms with Gasteiger partial charge in [0.05, 0.1) is 16.9 Å². The van der Waals surface area contributed by atoms with Crippen molar-refractivity contribution in [1.82, 2.24) is 4.98 Å². The Bertz CT molecular complexity index is 2020. The van der Waals surface area contributed by atoms with E-state index in [9.17, 15) is 9.90 Å². The van der Waals surface area contributed by atoms with Gasteiger partial charge < -0.3 is 9.52 Å². The fraction of sp³-hybridized carbons (Fsp3) is 0.455. The third-order valence-corrected chi connectivity index (χ3v) is 10.3. The zero-order valence-electron chi connectivity index (χ0n) is 31.4. The van der Waals surface area contributed by atoms with E-state index in [1.807, 2.05) is 27.7 Å². The molecule has 2 aromatic heterocycles. The van der Waals surface area contributed by atoms with Gasteiger partial charge in [0, 0.05) is 43.4 Å². The minimum absolute atomic E-state index is 0. The summed E-state index contributed by atoms with van der Waals surface area (Å²) in [6.07, 6.45) is 5.87. The Hall–Kier alpha value is -3.27. The average Bonchev–Trinajstić information content (AvgIpc) is 3.40. The maximum atomic E-state index is 11.7. The number of allylic oxidation sites excluding steroid dienone is 2. The van der Waals surface area contributed by atoms with E-state index in [4.69, 9.17) is 9.40 Å². The number of aromatic nitrogens is 1. The summed E-state index contributed by atoms with van der Waals surface area (Å²) in [5, 5.41) is 13.4. The Labute approximate surface area is 307 Å². The van der Waals surface area contributed by atoms with Gasteiger partial charge in [-0.3, -0.25) is 9.78 Å². The average molecular weight is 837 g/mol. The first kappa shape index (κ1) is 38.5. The maximum absolute atomic E-state index is 11.7. The van der Waals surface area contributed by atoms with Crippen molar-refractivity contribution in [3.63, 3.8) is 0 Å². The third-order valence-electron chi connectivity index (χ3n) is 10.3. The molecule has 3 aromatic carbocycles. The second-order valence-corrected chi connectivity index (χ2v) is 15.6. The van der Waals surface area contributed by atoms with Gasteiger partial charge in [-0.25, -0.2) is 0 Å². The topological polar surface area (TPSA) is 63.3 Å². The Morgan fingerprint density at radius 2 is 1.57 bits per heavy atom. The standard InChI is InChI=1S/C31H30NO.C13H24O2.Ir/c1-17-8-13-24-20(14-17)15-23-27(32-24)21-11-9-18(2)28-25(21)26-22(31(23,6)7)12-10-19(29(26)33-28)16-30(3,4)5;1-5-10(6-2)12(14)9-13(15)11(7-3)8-4;/h8-10,12-15H,16H2,1-7H3;9-11,14H,5-8H2,1-4H3;/q-1;;/b;12-9-;. The predicted molar refractivity (Wildman–Crippen MR) is 202 cm³/mol. The number of carbonyl (C=O) groups is 1. The zero-order valence-corrected chi connectivity index (χ0v) is 33.7. The normalized spacial score (nSPS) is 13.9. The number of hydrogen-bond donors (Lipinski definition) is 1. The van der Waals surface area contributed by atoms with Crippen LogP contribution in [0.25, 0.3) is 44.1 Å². The van der Waals surface area contributed by atoms with Crippen LogP contribution in [0.5, 0.6) is 0 Å². The van der Waals surface area contributed by atoms with Gasteiger partial charge in [0.15, 0.2) is 5.78 Å². The summed E-state index contributed by atoms with van der Waals surface area (Å²) in [4.78, 5) is 16.9. The van der Waals surface area contributed by atoms with Crippen molar-refractivity contribution in [1.29, 1.82) is 0 Å². The minimum atomic E-state index is -0.226. The van der Waals surface area contributed by atoms with E-state index < -0.39 is 0 Å². The fourth-order valence-electron chi connectivity index (χ4n) is 7.40. The molecular weight excluding hydrogens is 783 g/mol. The van der Waals surface area contributed by atoms with E-state index >= 15 is 0 Å². The Morgan fingerprint density at radius 1 is 0.918 bits per heavy atom. The van der Waals surface area contributed by atoms with Crippen LogP contribution in [0.15, 0.2) is 58.7 Å². The Morgan fingerprint density at radius 3 is 2.18 bits per heavy atom. The summed E-state index contributed by atoms with van der Waals surface area (Å²) in [5.41, 5.74) is 11.3. The molecule has 4 nitrogen and oxygen atoms in total. The Balaban J connectivity index is 0.000000290. The number of rotatable bonds is 8. The Kier molecular flexibility index (Phi) is 11.7. The first-order valence-electron chi connectivity index (χ1n) is 17.9. The number of hydrogen-bond acceptors (Lipinski definition) is 4. The van der Waals surface area contributed by atoms with Gasteiger partial charge in [0.25, 0.3) is 0 Å². The number of pyridine rings is 1. The second kappa shape index (κ2) is 14.9. The van der Waals surface area contributed by atoms with E-state index in [0.717, 1.165) is 65.6 Å².